The number of hydrogen-bond acceptors (Lipinski definition) is 5. The van der Waals surface area contributed by atoms with E-state index < -0.39 is 18.2 Å². The lowest BCUT2D eigenvalue weighted by molar-refractivity contribution is -0.128. The van der Waals surface area contributed by atoms with E-state index in [4.69, 9.17) is 16.3 Å². The molecule has 0 saturated carbocycles. The van der Waals surface area contributed by atoms with Gasteiger partial charge in [-0.2, -0.15) is 0 Å². The lowest BCUT2D eigenvalue weighted by Crippen LogP contribution is -2.50. The van der Waals surface area contributed by atoms with Gasteiger partial charge in [0.05, 0.1) is 31.7 Å². The number of nitrogens with zero attached hydrogens (tertiary/aromatic N) is 1. The minimum Gasteiger partial charge on any atom is -0.394 e. The Bertz CT molecular complexity index is 663. The summed E-state index contributed by atoms with van der Waals surface area (Å²) in [4.78, 5) is 25.8. The zero-order chi connectivity index (χ0) is 19.8. The van der Waals surface area contributed by atoms with E-state index in [0.717, 1.165) is 5.56 Å². The number of ether oxygens (including phenoxy) is 1. The number of aliphatic hydroxyl groups excluding tert-OH is 1. The van der Waals surface area contributed by atoms with Crippen molar-refractivity contribution in [2.24, 2.45) is 0 Å². The van der Waals surface area contributed by atoms with Crippen LogP contribution in [0.2, 0.25) is 5.02 Å². The van der Waals surface area contributed by atoms with Crippen molar-refractivity contribution in [1.82, 2.24) is 15.5 Å². The van der Waals surface area contributed by atoms with Crippen molar-refractivity contribution >= 4 is 23.4 Å². The van der Waals surface area contributed by atoms with E-state index in [1.54, 1.807) is 43.3 Å². The van der Waals surface area contributed by atoms with Crippen molar-refractivity contribution in [2.75, 3.05) is 27.2 Å². The first-order valence-electron chi connectivity index (χ1n) is 8.77. The Morgan fingerprint density at radius 1 is 1.19 bits per heavy atom. The van der Waals surface area contributed by atoms with Crippen LogP contribution in [0.25, 0.3) is 0 Å². The van der Waals surface area contributed by atoms with E-state index in [9.17, 15) is 14.7 Å². The van der Waals surface area contributed by atoms with Crippen molar-refractivity contribution < 1.29 is 19.4 Å². The number of halogens is 1. The number of carbonyl (C=O) groups is 2. The normalized spacial score (nSPS) is 21.9. The quantitative estimate of drug-likeness (QED) is 0.564. The second-order valence-electron chi connectivity index (χ2n) is 6.72. The molecule has 1 aromatic rings. The molecule has 27 heavy (non-hydrogen) atoms. The maximum absolute atomic E-state index is 12.1. The van der Waals surface area contributed by atoms with Gasteiger partial charge in [-0.25, -0.2) is 0 Å². The third-order valence-corrected chi connectivity index (χ3v) is 4.29. The maximum Gasteiger partial charge on any atom is 0.234 e. The zero-order valence-corrected chi connectivity index (χ0v) is 16.3. The highest BCUT2D eigenvalue weighted by molar-refractivity contribution is 6.30. The van der Waals surface area contributed by atoms with Crippen molar-refractivity contribution in [3.63, 3.8) is 0 Å². The van der Waals surface area contributed by atoms with Gasteiger partial charge in [0, 0.05) is 11.6 Å². The summed E-state index contributed by atoms with van der Waals surface area (Å²) in [5.41, 5.74) is 0.949. The molecule has 0 aliphatic carbocycles. The largest absolute Gasteiger partial charge is 0.394 e. The Balaban J connectivity index is 1.83. The molecule has 2 amide bonds. The molecule has 0 bridgehead atoms. The monoisotopic (exact) mass is 395 g/mol. The van der Waals surface area contributed by atoms with Gasteiger partial charge in [-0.1, -0.05) is 35.9 Å². The highest BCUT2D eigenvalue weighted by Gasteiger charge is 2.29. The Morgan fingerprint density at radius 3 is 2.52 bits per heavy atom. The van der Waals surface area contributed by atoms with Gasteiger partial charge in [-0.15, -0.1) is 0 Å². The van der Waals surface area contributed by atoms with Crippen LogP contribution in [0.4, 0.5) is 0 Å². The molecule has 0 spiro atoms. The number of benzene rings is 1. The van der Waals surface area contributed by atoms with Gasteiger partial charge in [-0.05, 0) is 31.8 Å². The summed E-state index contributed by atoms with van der Waals surface area (Å²) in [6, 6.07) is 6.82. The number of carbonyl (C=O) groups excluding carboxylic acids is 2. The van der Waals surface area contributed by atoms with E-state index in [0.29, 0.717) is 11.6 Å². The lowest BCUT2D eigenvalue weighted by Gasteiger charge is -2.32. The van der Waals surface area contributed by atoms with Crippen LogP contribution in [0.5, 0.6) is 0 Å². The molecular formula is C19H26ClN3O4. The third kappa shape index (κ3) is 7.30. The average molecular weight is 396 g/mol. The van der Waals surface area contributed by atoms with Crippen LogP contribution >= 0.6 is 11.6 Å². The standard InChI is InChI=1S/C19H26ClN3O4/c1-23(2)11-19(26)22-16-8-7-15(27-17(16)12-24)9-18(25)21-10-13-3-5-14(20)6-4-13/h3-8,15-17,24H,9-12H2,1-2H3,(H,21,25)(H,22,26)/t15-,16-,17+/m0/s1. The van der Waals surface area contributed by atoms with Crippen LogP contribution in [-0.4, -0.2) is 67.3 Å². The molecule has 0 radical (unpaired) electrons. The van der Waals surface area contributed by atoms with Crippen LogP contribution < -0.4 is 10.6 Å². The van der Waals surface area contributed by atoms with Crippen LogP contribution in [0.1, 0.15) is 12.0 Å². The van der Waals surface area contributed by atoms with E-state index in [2.05, 4.69) is 10.6 Å². The first kappa shape index (κ1) is 21.4. The molecular weight excluding hydrogens is 370 g/mol. The van der Waals surface area contributed by atoms with Gasteiger partial charge in [0.25, 0.3) is 0 Å². The number of rotatable bonds is 8. The summed E-state index contributed by atoms with van der Waals surface area (Å²) in [6.07, 6.45) is 2.62. The van der Waals surface area contributed by atoms with Gasteiger partial charge < -0.3 is 25.4 Å². The van der Waals surface area contributed by atoms with Crippen LogP contribution in [-0.2, 0) is 20.9 Å². The first-order valence-corrected chi connectivity index (χ1v) is 9.15. The molecule has 0 unspecified atom stereocenters. The first-order chi connectivity index (χ1) is 12.9. The molecule has 1 heterocycles. The number of nitrogens with one attached hydrogen (secondary N) is 2. The number of likely N-dealkylation sites (N-methyl/N-ethyl adjacent to an activating group) is 1. The zero-order valence-electron chi connectivity index (χ0n) is 15.5. The highest BCUT2D eigenvalue weighted by Crippen LogP contribution is 2.16. The SMILES string of the molecule is CN(C)CC(=O)N[C@H]1C=C[C@@H](CC(=O)NCc2ccc(Cl)cc2)O[C@@H]1CO. The minimum absolute atomic E-state index is 0.138. The van der Waals surface area contributed by atoms with Gasteiger partial charge in [0.1, 0.15) is 6.10 Å². The third-order valence-electron chi connectivity index (χ3n) is 4.04. The van der Waals surface area contributed by atoms with Crippen molar-refractivity contribution in [3.05, 3.63) is 47.0 Å². The summed E-state index contributed by atoms with van der Waals surface area (Å²) in [5.74, 6) is -0.317. The molecule has 8 heteroatoms. The van der Waals surface area contributed by atoms with Crippen molar-refractivity contribution in [1.29, 1.82) is 0 Å². The van der Waals surface area contributed by atoms with E-state index in [1.807, 2.05) is 12.1 Å². The Hall–Kier alpha value is -1.93. The molecule has 0 aromatic heterocycles. The molecule has 0 fully saturated rings. The smallest absolute Gasteiger partial charge is 0.234 e. The van der Waals surface area contributed by atoms with E-state index in [1.165, 1.54) is 0 Å². The summed E-state index contributed by atoms with van der Waals surface area (Å²) >= 11 is 5.84. The fraction of sp³-hybridized carbons (Fsp3) is 0.474. The number of amides is 2. The average Bonchev–Trinajstić information content (AvgIpc) is 2.61. The minimum atomic E-state index is -0.588. The Labute approximate surface area is 164 Å². The van der Waals surface area contributed by atoms with Crippen LogP contribution in [0.3, 0.4) is 0 Å². The van der Waals surface area contributed by atoms with E-state index >= 15 is 0 Å². The van der Waals surface area contributed by atoms with Crippen molar-refractivity contribution in [3.8, 4) is 0 Å². The molecule has 1 aromatic carbocycles. The number of aliphatic hydroxyl groups is 1. The van der Waals surface area contributed by atoms with Crippen LogP contribution in [0, 0.1) is 0 Å². The summed E-state index contributed by atoms with van der Waals surface area (Å²) in [7, 11) is 3.60. The van der Waals surface area contributed by atoms with Crippen molar-refractivity contribution in [2.45, 2.75) is 31.2 Å². The molecule has 1 aliphatic rings. The maximum atomic E-state index is 12.1. The predicted molar refractivity (Wildman–Crippen MR) is 103 cm³/mol. The molecule has 1 aliphatic heterocycles. The second-order valence-corrected chi connectivity index (χ2v) is 7.16. The summed E-state index contributed by atoms with van der Waals surface area (Å²) in [6.45, 7) is 0.401. The summed E-state index contributed by atoms with van der Waals surface area (Å²) < 4.78 is 5.75. The highest BCUT2D eigenvalue weighted by atomic mass is 35.5. The predicted octanol–water partition coefficient (Wildman–Crippen LogP) is 0.709. The number of hydrogen-bond donors (Lipinski definition) is 3. The molecule has 2 rings (SSSR count). The molecule has 0 saturated heterocycles. The molecule has 3 N–H and O–H groups in total. The van der Waals surface area contributed by atoms with E-state index in [-0.39, 0.29) is 31.4 Å². The lowest BCUT2D eigenvalue weighted by atomic mass is 10.0. The van der Waals surface area contributed by atoms with Gasteiger partial charge in [-0.3, -0.25) is 9.59 Å². The second kappa shape index (κ2) is 10.4. The Morgan fingerprint density at radius 2 is 1.89 bits per heavy atom. The van der Waals surface area contributed by atoms with Crippen LogP contribution in [0.15, 0.2) is 36.4 Å². The summed E-state index contributed by atoms with van der Waals surface area (Å²) in [5, 5.41) is 15.8. The molecule has 3 atom stereocenters. The Kier molecular flexibility index (Phi) is 8.24. The van der Waals surface area contributed by atoms with Gasteiger partial charge in [0.2, 0.25) is 11.8 Å². The fourth-order valence-corrected chi connectivity index (χ4v) is 2.84. The molecule has 7 nitrogen and oxygen atoms in total. The van der Waals surface area contributed by atoms with Gasteiger partial charge in [0.15, 0.2) is 0 Å². The van der Waals surface area contributed by atoms with Gasteiger partial charge >= 0.3 is 0 Å². The topological polar surface area (TPSA) is 90.9 Å². The molecule has 148 valence electrons. The fourth-order valence-electron chi connectivity index (χ4n) is 2.71.